The molecule has 4 nitrogen and oxygen atoms in total. The van der Waals surface area contributed by atoms with Crippen molar-refractivity contribution in [3.63, 3.8) is 0 Å². The van der Waals surface area contributed by atoms with Crippen molar-refractivity contribution in [3.8, 4) is 6.07 Å². The summed E-state index contributed by atoms with van der Waals surface area (Å²) >= 11 is 0. The molecule has 2 saturated heterocycles. The molecule has 2 atom stereocenters. The van der Waals surface area contributed by atoms with E-state index in [-0.39, 0.29) is 11.8 Å². The van der Waals surface area contributed by atoms with E-state index in [2.05, 4.69) is 6.07 Å². The van der Waals surface area contributed by atoms with Crippen LogP contribution in [0.4, 0.5) is 0 Å². The number of rotatable bonds is 1. The molecule has 2 unspecified atom stereocenters. The number of epoxide rings is 1. The Balaban J connectivity index is 1.97. The molecular weight excluding hydrogens is 168 g/mol. The minimum absolute atomic E-state index is 0.0197. The maximum absolute atomic E-state index is 11.7. The lowest BCUT2D eigenvalue weighted by Gasteiger charge is -2.17. The van der Waals surface area contributed by atoms with E-state index in [4.69, 9.17) is 10.00 Å². The fourth-order valence-electron chi connectivity index (χ4n) is 1.62. The number of ether oxygens (including phenoxy) is 1. The van der Waals surface area contributed by atoms with Gasteiger partial charge in [0.1, 0.15) is 0 Å². The number of carbonyl (C=O) groups excluding carboxylic acids is 1. The molecule has 0 aliphatic carbocycles. The van der Waals surface area contributed by atoms with Crippen LogP contribution < -0.4 is 0 Å². The molecule has 2 aliphatic heterocycles. The predicted octanol–water partition coefficient (Wildman–Crippen LogP) is 0.147. The van der Waals surface area contributed by atoms with E-state index in [1.54, 1.807) is 11.8 Å². The molecule has 0 radical (unpaired) electrons. The third kappa shape index (κ3) is 1.40. The molecule has 70 valence electrons. The number of amides is 1. The van der Waals surface area contributed by atoms with E-state index in [0.717, 1.165) is 6.42 Å². The zero-order chi connectivity index (χ0) is 9.47. The smallest absolute Gasteiger partial charge is 0.256 e. The van der Waals surface area contributed by atoms with Crippen LogP contribution in [0.2, 0.25) is 0 Å². The van der Waals surface area contributed by atoms with Crippen LogP contribution in [0.5, 0.6) is 0 Å². The van der Waals surface area contributed by atoms with Crippen molar-refractivity contribution in [2.45, 2.75) is 18.9 Å². The van der Waals surface area contributed by atoms with Crippen molar-refractivity contribution in [1.29, 1.82) is 5.26 Å². The average molecular weight is 180 g/mol. The van der Waals surface area contributed by atoms with Gasteiger partial charge >= 0.3 is 0 Å². The average Bonchev–Trinajstić information content (AvgIpc) is 2.71. The van der Waals surface area contributed by atoms with Gasteiger partial charge in [-0.2, -0.15) is 5.26 Å². The van der Waals surface area contributed by atoms with Crippen molar-refractivity contribution in [3.05, 3.63) is 0 Å². The first-order chi connectivity index (χ1) is 6.15. The highest BCUT2D eigenvalue weighted by Crippen LogP contribution is 2.30. The van der Waals surface area contributed by atoms with Gasteiger partial charge in [0.2, 0.25) is 0 Å². The second-order valence-corrected chi connectivity index (χ2v) is 3.89. The molecule has 0 aromatic heterocycles. The lowest BCUT2D eigenvalue weighted by Crippen LogP contribution is -2.38. The van der Waals surface area contributed by atoms with E-state index in [1.807, 2.05) is 0 Å². The summed E-state index contributed by atoms with van der Waals surface area (Å²) < 4.78 is 5.06. The minimum atomic E-state index is -0.565. The molecule has 13 heavy (non-hydrogen) atoms. The molecular formula is C9H12N2O2. The Bertz CT molecular complexity index is 278. The number of hydrogen-bond donors (Lipinski definition) is 0. The Labute approximate surface area is 77.1 Å². The van der Waals surface area contributed by atoms with Gasteiger partial charge in [-0.15, -0.1) is 0 Å². The first-order valence-electron chi connectivity index (χ1n) is 4.49. The third-order valence-electron chi connectivity index (χ3n) is 2.69. The van der Waals surface area contributed by atoms with Crippen molar-refractivity contribution in [2.75, 3.05) is 19.7 Å². The van der Waals surface area contributed by atoms with Crippen LogP contribution in [-0.2, 0) is 9.53 Å². The maximum atomic E-state index is 11.7. The molecule has 0 N–H and O–H groups in total. The van der Waals surface area contributed by atoms with E-state index in [0.29, 0.717) is 19.7 Å². The lowest BCUT2D eigenvalue weighted by atomic mass is 10.1. The van der Waals surface area contributed by atoms with Gasteiger partial charge in [-0.1, -0.05) is 0 Å². The van der Waals surface area contributed by atoms with Crippen molar-refractivity contribution in [1.82, 2.24) is 4.90 Å². The number of carbonyl (C=O) groups is 1. The van der Waals surface area contributed by atoms with Crippen LogP contribution in [-0.4, -0.2) is 36.1 Å². The van der Waals surface area contributed by atoms with Crippen LogP contribution in [0.3, 0.4) is 0 Å². The number of nitriles is 1. The van der Waals surface area contributed by atoms with E-state index in [1.165, 1.54) is 0 Å². The first-order valence-corrected chi connectivity index (χ1v) is 4.49. The molecule has 0 aromatic rings. The van der Waals surface area contributed by atoms with Gasteiger partial charge < -0.3 is 9.64 Å². The third-order valence-corrected chi connectivity index (χ3v) is 2.69. The van der Waals surface area contributed by atoms with Gasteiger partial charge in [0, 0.05) is 13.1 Å². The summed E-state index contributed by atoms with van der Waals surface area (Å²) in [6.45, 7) is 3.61. The van der Waals surface area contributed by atoms with E-state index < -0.39 is 5.60 Å². The second-order valence-electron chi connectivity index (χ2n) is 3.89. The predicted molar refractivity (Wildman–Crippen MR) is 44.7 cm³/mol. The molecule has 0 aromatic carbocycles. The fraction of sp³-hybridized carbons (Fsp3) is 0.778. The summed E-state index contributed by atoms with van der Waals surface area (Å²) in [5.41, 5.74) is -0.565. The van der Waals surface area contributed by atoms with Gasteiger partial charge in [-0.3, -0.25) is 4.79 Å². The summed E-state index contributed by atoms with van der Waals surface area (Å²) in [6.07, 6.45) is 0.804. The molecule has 2 rings (SSSR count). The van der Waals surface area contributed by atoms with Gasteiger partial charge in [0.25, 0.3) is 5.91 Å². The second kappa shape index (κ2) is 2.71. The van der Waals surface area contributed by atoms with E-state index in [9.17, 15) is 4.79 Å². The molecule has 2 fully saturated rings. The van der Waals surface area contributed by atoms with Crippen LogP contribution >= 0.6 is 0 Å². The minimum Gasteiger partial charge on any atom is -0.359 e. The maximum Gasteiger partial charge on any atom is 0.256 e. The highest BCUT2D eigenvalue weighted by atomic mass is 16.6. The molecule has 2 aliphatic rings. The number of likely N-dealkylation sites (tertiary alicyclic amines) is 1. The fourth-order valence-corrected chi connectivity index (χ4v) is 1.62. The van der Waals surface area contributed by atoms with Crippen molar-refractivity contribution in [2.24, 2.45) is 5.92 Å². The summed E-state index contributed by atoms with van der Waals surface area (Å²) in [5, 5.41) is 8.66. The number of nitrogens with zero attached hydrogens (tertiary/aromatic N) is 2. The van der Waals surface area contributed by atoms with Gasteiger partial charge in [-0.25, -0.2) is 0 Å². The van der Waals surface area contributed by atoms with Gasteiger partial charge in [0.05, 0.1) is 18.6 Å². The zero-order valence-electron chi connectivity index (χ0n) is 7.62. The summed E-state index contributed by atoms with van der Waals surface area (Å²) in [5.74, 6) is 0.0662. The van der Waals surface area contributed by atoms with Crippen molar-refractivity contribution >= 4 is 5.91 Å². The number of hydrogen-bond acceptors (Lipinski definition) is 3. The Hall–Kier alpha value is -1.08. The standard InChI is InChI=1S/C9H12N2O2/c1-9(6-13-9)8(12)11-3-2-7(4-10)5-11/h7H,2-3,5-6H2,1H3. The molecule has 0 bridgehead atoms. The summed E-state index contributed by atoms with van der Waals surface area (Å²) in [4.78, 5) is 13.4. The highest BCUT2D eigenvalue weighted by Gasteiger charge is 2.50. The van der Waals surface area contributed by atoms with Gasteiger partial charge in [-0.05, 0) is 13.3 Å². The quantitative estimate of drug-likeness (QED) is 0.539. The Morgan fingerprint density at radius 3 is 2.92 bits per heavy atom. The first kappa shape index (κ1) is 8.52. The van der Waals surface area contributed by atoms with Crippen LogP contribution in [0.25, 0.3) is 0 Å². The summed E-state index contributed by atoms with van der Waals surface area (Å²) in [6, 6.07) is 2.19. The van der Waals surface area contributed by atoms with Crippen LogP contribution in [0.1, 0.15) is 13.3 Å². The molecule has 1 amide bonds. The Morgan fingerprint density at radius 1 is 1.77 bits per heavy atom. The van der Waals surface area contributed by atoms with Gasteiger partial charge in [0.15, 0.2) is 5.60 Å². The largest absolute Gasteiger partial charge is 0.359 e. The Kier molecular flexibility index (Phi) is 1.77. The SMILES string of the molecule is CC1(C(=O)N2CCC(C#N)C2)CO1. The summed E-state index contributed by atoms with van der Waals surface area (Å²) in [7, 11) is 0. The molecule has 2 heterocycles. The highest BCUT2D eigenvalue weighted by molar-refractivity contribution is 5.87. The molecule has 0 saturated carbocycles. The van der Waals surface area contributed by atoms with E-state index >= 15 is 0 Å². The van der Waals surface area contributed by atoms with Crippen molar-refractivity contribution < 1.29 is 9.53 Å². The lowest BCUT2D eigenvalue weighted by molar-refractivity contribution is -0.135. The normalized spacial score (nSPS) is 37.2. The Morgan fingerprint density at radius 2 is 2.46 bits per heavy atom. The zero-order valence-corrected chi connectivity index (χ0v) is 7.62. The monoisotopic (exact) mass is 180 g/mol. The van der Waals surface area contributed by atoms with Crippen LogP contribution in [0.15, 0.2) is 0 Å². The van der Waals surface area contributed by atoms with Crippen LogP contribution in [0, 0.1) is 17.2 Å². The topological polar surface area (TPSA) is 56.6 Å². The molecule has 4 heteroatoms. The molecule has 0 spiro atoms.